The molecule has 0 aliphatic heterocycles. The van der Waals surface area contributed by atoms with Crippen LogP contribution in [0.15, 0.2) is 0 Å². The van der Waals surface area contributed by atoms with Crippen molar-refractivity contribution in [2.24, 2.45) is 5.92 Å². The standard InChI is InChI=1S/C13H26N2OS/c1-10(2)8-15-13(16)9-14-11-4-6-12(17-3)7-5-11/h10-12,14H,4-9H2,1-3H3,(H,15,16). The molecule has 0 aromatic heterocycles. The fourth-order valence-electron chi connectivity index (χ4n) is 2.12. The number of thioether (sulfide) groups is 1. The van der Waals surface area contributed by atoms with Gasteiger partial charge in [0.05, 0.1) is 6.54 Å². The molecule has 0 heterocycles. The van der Waals surface area contributed by atoms with Crippen LogP contribution < -0.4 is 10.6 Å². The Morgan fingerprint density at radius 3 is 2.47 bits per heavy atom. The molecule has 1 rings (SSSR count). The number of rotatable bonds is 6. The van der Waals surface area contributed by atoms with Crippen LogP contribution in [0, 0.1) is 5.92 Å². The Morgan fingerprint density at radius 1 is 1.29 bits per heavy atom. The van der Waals surface area contributed by atoms with Gasteiger partial charge in [-0.1, -0.05) is 13.8 Å². The summed E-state index contributed by atoms with van der Waals surface area (Å²) in [7, 11) is 0. The Bertz CT molecular complexity index is 225. The first-order valence-electron chi connectivity index (χ1n) is 6.64. The molecule has 0 aromatic rings. The van der Waals surface area contributed by atoms with Gasteiger partial charge in [0.1, 0.15) is 0 Å². The van der Waals surface area contributed by atoms with Crippen LogP contribution in [0.3, 0.4) is 0 Å². The Balaban J connectivity index is 2.08. The lowest BCUT2D eigenvalue weighted by molar-refractivity contribution is -0.120. The van der Waals surface area contributed by atoms with E-state index in [-0.39, 0.29) is 5.91 Å². The lowest BCUT2D eigenvalue weighted by Gasteiger charge is -2.28. The van der Waals surface area contributed by atoms with E-state index in [0.717, 1.165) is 11.8 Å². The molecule has 0 spiro atoms. The van der Waals surface area contributed by atoms with Gasteiger partial charge in [-0.15, -0.1) is 0 Å². The highest BCUT2D eigenvalue weighted by Crippen LogP contribution is 2.26. The van der Waals surface area contributed by atoms with Crippen molar-refractivity contribution in [3.05, 3.63) is 0 Å². The van der Waals surface area contributed by atoms with E-state index in [2.05, 4.69) is 30.7 Å². The molecule has 100 valence electrons. The molecule has 0 atom stereocenters. The monoisotopic (exact) mass is 258 g/mol. The molecule has 1 fully saturated rings. The summed E-state index contributed by atoms with van der Waals surface area (Å²) in [5.74, 6) is 0.654. The maximum atomic E-state index is 11.5. The van der Waals surface area contributed by atoms with E-state index in [0.29, 0.717) is 18.5 Å². The molecule has 1 aliphatic rings. The molecule has 0 bridgehead atoms. The van der Waals surface area contributed by atoms with Gasteiger partial charge < -0.3 is 10.6 Å². The molecule has 0 aromatic carbocycles. The van der Waals surface area contributed by atoms with E-state index in [1.807, 2.05) is 11.8 Å². The van der Waals surface area contributed by atoms with E-state index >= 15 is 0 Å². The zero-order valence-corrected chi connectivity index (χ0v) is 12.1. The first-order valence-corrected chi connectivity index (χ1v) is 7.93. The highest BCUT2D eigenvalue weighted by molar-refractivity contribution is 7.99. The van der Waals surface area contributed by atoms with Crippen molar-refractivity contribution in [3.63, 3.8) is 0 Å². The minimum Gasteiger partial charge on any atom is -0.355 e. The number of hydrogen-bond acceptors (Lipinski definition) is 3. The quantitative estimate of drug-likeness (QED) is 0.766. The minimum atomic E-state index is 0.130. The minimum absolute atomic E-state index is 0.130. The van der Waals surface area contributed by atoms with Gasteiger partial charge in [-0.25, -0.2) is 0 Å². The number of nitrogens with one attached hydrogen (secondary N) is 2. The Kier molecular flexibility index (Phi) is 6.97. The molecular weight excluding hydrogens is 232 g/mol. The molecule has 4 heteroatoms. The summed E-state index contributed by atoms with van der Waals surface area (Å²) in [6.45, 7) is 5.47. The first kappa shape index (κ1) is 14.8. The summed E-state index contributed by atoms with van der Waals surface area (Å²) in [6, 6.07) is 0.545. The fraction of sp³-hybridized carbons (Fsp3) is 0.923. The molecule has 0 radical (unpaired) electrons. The van der Waals surface area contributed by atoms with Crippen molar-refractivity contribution in [3.8, 4) is 0 Å². The van der Waals surface area contributed by atoms with Gasteiger partial charge in [-0.2, -0.15) is 11.8 Å². The van der Waals surface area contributed by atoms with Crippen LogP contribution in [-0.2, 0) is 4.79 Å². The largest absolute Gasteiger partial charge is 0.355 e. The molecule has 1 saturated carbocycles. The number of hydrogen-bond donors (Lipinski definition) is 2. The second kappa shape index (κ2) is 7.98. The first-order chi connectivity index (χ1) is 8.11. The summed E-state index contributed by atoms with van der Waals surface area (Å²) < 4.78 is 0. The second-order valence-electron chi connectivity index (χ2n) is 5.29. The molecule has 0 saturated heterocycles. The van der Waals surface area contributed by atoms with Crippen LogP contribution >= 0.6 is 11.8 Å². The third-order valence-electron chi connectivity index (χ3n) is 3.27. The lowest BCUT2D eigenvalue weighted by atomic mass is 9.95. The summed E-state index contributed by atoms with van der Waals surface area (Å²) in [4.78, 5) is 11.5. The summed E-state index contributed by atoms with van der Waals surface area (Å²) in [5, 5.41) is 7.14. The number of carbonyl (C=O) groups excluding carboxylic acids is 1. The molecular formula is C13H26N2OS. The van der Waals surface area contributed by atoms with E-state index in [1.165, 1.54) is 25.7 Å². The predicted molar refractivity (Wildman–Crippen MR) is 75.4 cm³/mol. The van der Waals surface area contributed by atoms with Crippen molar-refractivity contribution in [1.82, 2.24) is 10.6 Å². The second-order valence-corrected chi connectivity index (χ2v) is 6.43. The maximum absolute atomic E-state index is 11.5. The molecule has 1 aliphatic carbocycles. The van der Waals surface area contributed by atoms with Crippen LogP contribution in [0.2, 0.25) is 0 Å². The van der Waals surface area contributed by atoms with Crippen LogP contribution in [0.5, 0.6) is 0 Å². The Hall–Kier alpha value is -0.220. The van der Waals surface area contributed by atoms with Crippen molar-refractivity contribution < 1.29 is 4.79 Å². The van der Waals surface area contributed by atoms with Gasteiger partial charge in [-0.3, -0.25) is 4.79 Å². The topological polar surface area (TPSA) is 41.1 Å². The average molecular weight is 258 g/mol. The molecule has 17 heavy (non-hydrogen) atoms. The van der Waals surface area contributed by atoms with Crippen molar-refractivity contribution in [2.75, 3.05) is 19.3 Å². The molecule has 3 nitrogen and oxygen atoms in total. The van der Waals surface area contributed by atoms with Crippen molar-refractivity contribution in [1.29, 1.82) is 0 Å². The van der Waals surface area contributed by atoms with Gasteiger partial charge in [0.2, 0.25) is 5.91 Å². The van der Waals surface area contributed by atoms with Crippen LogP contribution in [-0.4, -0.2) is 36.5 Å². The van der Waals surface area contributed by atoms with E-state index in [9.17, 15) is 4.79 Å². The van der Waals surface area contributed by atoms with Gasteiger partial charge >= 0.3 is 0 Å². The maximum Gasteiger partial charge on any atom is 0.233 e. The summed E-state index contributed by atoms with van der Waals surface area (Å²) >= 11 is 1.98. The third kappa shape index (κ3) is 6.32. The van der Waals surface area contributed by atoms with Gasteiger partial charge in [-0.05, 0) is 37.9 Å². The number of carbonyl (C=O) groups is 1. The Morgan fingerprint density at radius 2 is 1.94 bits per heavy atom. The SMILES string of the molecule is CSC1CCC(NCC(=O)NCC(C)C)CC1. The highest BCUT2D eigenvalue weighted by Gasteiger charge is 2.20. The normalized spacial score (nSPS) is 24.9. The average Bonchev–Trinajstić information content (AvgIpc) is 2.34. The Labute approximate surface area is 109 Å². The highest BCUT2D eigenvalue weighted by atomic mass is 32.2. The third-order valence-corrected chi connectivity index (χ3v) is 4.40. The smallest absolute Gasteiger partial charge is 0.233 e. The van der Waals surface area contributed by atoms with Gasteiger partial charge in [0, 0.05) is 17.8 Å². The number of amides is 1. The molecule has 1 amide bonds. The van der Waals surface area contributed by atoms with E-state index in [1.54, 1.807) is 0 Å². The molecule has 0 unspecified atom stereocenters. The fourth-order valence-corrected chi connectivity index (χ4v) is 2.86. The van der Waals surface area contributed by atoms with Crippen LogP contribution in [0.25, 0.3) is 0 Å². The zero-order chi connectivity index (χ0) is 12.7. The summed E-state index contributed by atoms with van der Waals surface area (Å²) in [5.41, 5.74) is 0. The van der Waals surface area contributed by atoms with Crippen LogP contribution in [0.1, 0.15) is 39.5 Å². The van der Waals surface area contributed by atoms with Gasteiger partial charge in [0.25, 0.3) is 0 Å². The van der Waals surface area contributed by atoms with E-state index < -0.39 is 0 Å². The van der Waals surface area contributed by atoms with E-state index in [4.69, 9.17) is 0 Å². The van der Waals surface area contributed by atoms with Crippen molar-refractivity contribution >= 4 is 17.7 Å². The lowest BCUT2D eigenvalue weighted by Crippen LogP contribution is -2.41. The zero-order valence-electron chi connectivity index (χ0n) is 11.3. The van der Waals surface area contributed by atoms with Crippen molar-refractivity contribution in [2.45, 2.75) is 50.8 Å². The van der Waals surface area contributed by atoms with Gasteiger partial charge in [0.15, 0.2) is 0 Å². The predicted octanol–water partition coefficient (Wildman–Crippen LogP) is 2.02. The summed E-state index contributed by atoms with van der Waals surface area (Å²) in [6.07, 6.45) is 7.18. The molecule has 2 N–H and O–H groups in total. The van der Waals surface area contributed by atoms with Crippen LogP contribution in [0.4, 0.5) is 0 Å².